The highest BCUT2D eigenvalue weighted by atomic mass is 16.5. The molecular weight excluding hydrogens is 522 g/mol. The fraction of sp³-hybridized carbons (Fsp3) is 0.649. The van der Waals surface area contributed by atoms with E-state index in [0.717, 1.165) is 49.0 Å². The second-order valence-corrected chi connectivity index (χ2v) is 14.6. The third-order valence-corrected chi connectivity index (χ3v) is 12.6. The highest BCUT2D eigenvalue weighted by Gasteiger charge is 2.60. The van der Waals surface area contributed by atoms with Crippen molar-refractivity contribution in [1.29, 1.82) is 0 Å². The van der Waals surface area contributed by atoms with Gasteiger partial charge in [0, 0.05) is 18.8 Å². The number of nitrogens with zero attached hydrogens (tertiary/aromatic N) is 1. The van der Waals surface area contributed by atoms with Gasteiger partial charge in [-0.15, -0.1) is 0 Å². The van der Waals surface area contributed by atoms with Crippen LogP contribution in [0.4, 0.5) is 0 Å². The van der Waals surface area contributed by atoms with E-state index < -0.39 is 0 Å². The quantitative estimate of drug-likeness (QED) is 0.298. The lowest BCUT2D eigenvalue weighted by Crippen LogP contribution is -2.54. The number of hydrogen-bond acceptors (Lipinski definition) is 5. The average Bonchev–Trinajstić information content (AvgIpc) is 3.37. The van der Waals surface area contributed by atoms with Gasteiger partial charge in [-0.3, -0.25) is 9.78 Å². The predicted molar refractivity (Wildman–Crippen MR) is 163 cm³/mol. The Bertz CT molecular complexity index is 1230. The molecule has 0 spiro atoms. The SMILES string of the molecule is C[C@H](CCC(=O)OCc1ccccc1)[C@H]1CC[C@H]2[C@@H]3CC[C@@H]4C[C@H](OC(=O)c5cccnc5)CC[C@]4(C)[C@H]3CC[C@]12C. The first-order chi connectivity index (χ1) is 20.3. The van der Waals surface area contributed by atoms with Gasteiger partial charge in [-0.05, 0) is 128 Å². The lowest BCUT2D eigenvalue weighted by molar-refractivity contribution is -0.145. The van der Waals surface area contributed by atoms with Crippen molar-refractivity contribution >= 4 is 11.9 Å². The van der Waals surface area contributed by atoms with Crippen LogP contribution in [-0.4, -0.2) is 23.0 Å². The number of carbonyl (C=O) groups excluding carboxylic acids is 2. The second kappa shape index (κ2) is 12.1. The van der Waals surface area contributed by atoms with Crippen molar-refractivity contribution in [2.24, 2.45) is 46.3 Å². The summed E-state index contributed by atoms with van der Waals surface area (Å²) in [6.45, 7) is 7.93. The lowest BCUT2D eigenvalue weighted by Gasteiger charge is -2.61. The zero-order chi connectivity index (χ0) is 29.3. The van der Waals surface area contributed by atoms with E-state index in [2.05, 4.69) is 25.8 Å². The lowest BCUT2D eigenvalue weighted by atomic mass is 9.44. The van der Waals surface area contributed by atoms with Gasteiger partial charge in [0.2, 0.25) is 0 Å². The third-order valence-electron chi connectivity index (χ3n) is 12.6. The molecule has 4 saturated carbocycles. The first kappa shape index (κ1) is 29.4. The minimum Gasteiger partial charge on any atom is -0.461 e. The minimum absolute atomic E-state index is 0.0253. The van der Waals surface area contributed by atoms with Crippen molar-refractivity contribution in [2.75, 3.05) is 0 Å². The number of fused-ring (bicyclic) bond motifs is 5. The molecule has 0 bridgehead atoms. The third kappa shape index (κ3) is 5.65. The zero-order valence-electron chi connectivity index (χ0n) is 25.8. The topological polar surface area (TPSA) is 65.5 Å². The number of hydrogen-bond donors (Lipinski definition) is 0. The Hall–Kier alpha value is -2.69. The van der Waals surface area contributed by atoms with Gasteiger partial charge >= 0.3 is 11.9 Å². The summed E-state index contributed by atoms with van der Waals surface area (Å²) in [4.78, 5) is 29.4. The van der Waals surface area contributed by atoms with Crippen molar-refractivity contribution in [2.45, 2.75) is 104 Å². The van der Waals surface area contributed by atoms with Gasteiger partial charge in [-0.25, -0.2) is 4.79 Å². The molecule has 0 amide bonds. The molecule has 4 aliphatic carbocycles. The number of esters is 2. The molecule has 4 fully saturated rings. The van der Waals surface area contributed by atoms with Crippen molar-refractivity contribution < 1.29 is 19.1 Å². The molecule has 2 aromatic rings. The highest BCUT2D eigenvalue weighted by Crippen LogP contribution is 2.68. The van der Waals surface area contributed by atoms with Gasteiger partial charge in [0.25, 0.3) is 0 Å². The van der Waals surface area contributed by atoms with Crippen molar-refractivity contribution in [3.05, 3.63) is 66.0 Å². The zero-order valence-corrected chi connectivity index (χ0v) is 25.8. The summed E-state index contributed by atoms with van der Waals surface area (Å²) in [6.07, 6.45) is 15.8. The van der Waals surface area contributed by atoms with Crippen molar-refractivity contribution in [3.8, 4) is 0 Å². The summed E-state index contributed by atoms with van der Waals surface area (Å²) in [6, 6.07) is 13.5. The molecule has 4 aliphatic rings. The van der Waals surface area contributed by atoms with Crippen LogP contribution in [0, 0.1) is 46.3 Å². The van der Waals surface area contributed by atoms with Gasteiger partial charge in [0.05, 0.1) is 5.56 Å². The van der Waals surface area contributed by atoms with Crippen LogP contribution >= 0.6 is 0 Å². The largest absolute Gasteiger partial charge is 0.461 e. The van der Waals surface area contributed by atoms with Crippen LogP contribution < -0.4 is 0 Å². The molecule has 5 heteroatoms. The molecule has 1 aromatic carbocycles. The molecule has 5 nitrogen and oxygen atoms in total. The van der Waals surface area contributed by atoms with Gasteiger partial charge < -0.3 is 9.47 Å². The van der Waals surface area contributed by atoms with Crippen LogP contribution in [0.15, 0.2) is 54.9 Å². The summed E-state index contributed by atoms with van der Waals surface area (Å²) in [5.74, 6) is 3.97. The standard InChI is InChI=1S/C37H49NO4/c1-25(11-16-34(39)41-24-26-8-5-4-6-9-26)31-14-15-32-30-13-12-28-22-29(42-35(40)27-10-7-21-38-23-27)17-19-36(28,2)33(30)18-20-37(31,32)3/h4-10,21,23,25,28-33H,11-20,22,24H2,1-3H3/t25-,28-,29-,30+,31-,32+,33+,36+,37-/m1/s1. The Labute approximate surface area is 252 Å². The fourth-order valence-corrected chi connectivity index (χ4v) is 10.4. The van der Waals surface area contributed by atoms with E-state index in [9.17, 15) is 9.59 Å². The summed E-state index contributed by atoms with van der Waals surface area (Å²) in [5.41, 5.74) is 2.33. The van der Waals surface area contributed by atoms with E-state index in [0.29, 0.717) is 47.2 Å². The number of aromatic nitrogens is 1. The molecule has 1 heterocycles. The smallest absolute Gasteiger partial charge is 0.339 e. The van der Waals surface area contributed by atoms with Crippen molar-refractivity contribution in [3.63, 3.8) is 0 Å². The first-order valence-corrected chi connectivity index (χ1v) is 16.6. The van der Waals surface area contributed by atoms with E-state index in [1.165, 1.54) is 38.5 Å². The monoisotopic (exact) mass is 571 g/mol. The number of rotatable bonds is 8. The van der Waals surface area contributed by atoms with E-state index in [1.807, 2.05) is 30.3 Å². The Balaban J connectivity index is 1.03. The Kier molecular flexibility index (Phi) is 8.49. The molecule has 0 aliphatic heterocycles. The Morgan fingerprint density at radius 2 is 1.71 bits per heavy atom. The molecule has 1 aromatic heterocycles. The molecular formula is C37H49NO4. The maximum absolute atomic E-state index is 12.7. The average molecular weight is 572 g/mol. The molecule has 0 radical (unpaired) electrons. The van der Waals surface area contributed by atoms with Gasteiger partial charge in [-0.2, -0.15) is 0 Å². The predicted octanol–water partition coefficient (Wildman–Crippen LogP) is 8.43. The van der Waals surface area contributed by atoms with Crippen LogP contribution in [0.1, 0.15) is 107 Å². The number of benzene rings is 1. The van der Waals surface area contributed by atoms with Crippen LogP contribution in [0.2, 0.25) is 0 Å². The molecule has 42 heavy (non-hydrogen) atoms. The van der Waals surface area contributed by atoms with Gasteiger partial charge in [0.15, 0.2) is 0 Å². The van der Waals surface area contributed by atoms with Gasteiger partial charge in [0.1, 0.15) is 12.7 Å². The Morgan fingerprint density at radius 1 is 0.929 bits per heavy atom. The summed E-state index contributed by atoms with van der Waals surface area (Å²) < 4.78 is 11.6. The molecule has 0 saturated heterocycles. The molecule has 226 valence electrons. The maximum Gasteiger partial charge on any atom is 0.339 e. The maximum atomic E-state index is 12.7. The van der Waals surface area contributed by atoms with Crippen molar-refractivity contribution in [1.82, 2.24) is 4.98 Å². The second-order valence-electron chi connectivity index (χ2n) is 14.6. The normalized spacial score (nSPS) is 36.2. The van der Waals surface area contributed by atoms with E-state index >= 15 is 0 Å². The van der Waals surface area contributed by atoms with Crippen LogP contribution in [0.3, 0.4) is 0 Å². The molecule has 9 atom stereocenters. The number of pyridine rings is 1. The van der Waals surface area contributed by atoms with Crippen LogP contribution in [0.25, 0.3) is 0 Å². The van der Waals surface area contributed by atoms with E-state index in [4.69, 9.17) is 9.47 Å². The van der Waals surface area contributed by atoms with Crippen LogP contribution in [-0.2, 0) is 20.9 Å². The number of carbonyl (C=O) groups is 2. The molecule has 6 rings (SSSR count). The highest BCUT2D eigenvalue weighted by molar-refractivity contribution is 5.89. The summed E-state index contributed by atoms with van der Waals surface area (Å²) in [5, 5.41) is 0. The van der Waals surface area contributed by atoms with Gasteiger partial charge in [-0.1, -0.05) is 51.1 Å². The number of ether oxygens (including phenoxy) is 2. The van der Waals surface area contributed by atoms with Crippen LogP contribution in [0.5, 0.6) is 0 Å². The summed E-state index contributed by atoms with van der Waals surface area (Å²) in [7, 11) is 0. The Morgan fingerprint density at radius 3 is 2.50 bits per heavy atom. The fourth-order valence-electron chi connectivity index (χ4n) is 10.4. The van der Waals surface area contributed by atoms with E-state index in [-0.39, 0.29) is 18.0 Å². The summed E-state index contributed by atoms with van der Waals surface area (Å²) >= 11 is 0. The van der Waals surface area contributed by atoms with E-state index in [1.54, 1.807) is 24.5 Å². The minimum atomic E-state index is -0.227. The first-order valence-electron chi connectivity index (χ1n) is 16.6. The molecule has 0 N–H and O–H groups in total. The molecule has 0 unspecified atom stereocenters.